The Morgan fingerprint density at radius 3 is 2.63 bits per heavy atom. The third kappa shape index (κ3) is 6.35. The normalized spacial score (nSPS) is 19.3. The number of aryl methyl sites for hydroxylation is 1. The minimum atomic E-state index is -4.82. The lowest BCUT2D eigenvalue weighted by molar-refractivity contribution is -0.137. The minimum absolute atomic E-state index is 0.00927. The van der Waals surface area contributed by atoms with E-state index in [4.69, 9.17) is 0 Å². The zero-order valence-corrected chi connectivity index (χ0v) is 25.6. The summed E-state index contributed by atoms with van der Waals surface area (Å²) in [6.45, 7) is 7.27. The van der Waals surface area contributed by atoms with Crippen LogP contribution in [-0.4, -0.2) is 97.4 Å². The van der Waals surface area contributed by atoms with E-state index in [1.807, 2.05) is 25.1 Å². The summed E-state index contributed by atoms with van der Waals surface area (Å²) >= 11 is 0.679. The van der Waals surface area contributed by atoms with Gasteiger partial charge in [0.05, 0.1) is 27.8 Å². The number of amides is 1. The van der Waals surface area contributed by atoms with Crippen LogP contribution in [0.5, 0.6) is 0 Å². The first kappa shape index (κ1) is 31.2. The molecule has 1 aromatic carbocycles. The molecule has 43 heavy (non-hydrogen) atoms. The fourth-order valence-corrected chi connectivity index (χ4v) is 8.44. The number of carbonyl (C=O) groups excluding carboxylic acids is 1. The van der Waals surface area contributed by atoms with E-state index in [1.165, 1.54) is 11.9 Å². The Bertz CT molecular complexity index is 1630. The second kappa shape index (κ2) is 12.0. The van der Waals surface area contributed by atoms with Gasteiger partial charge in [0.25, 0.3) is 5.91 Å². The summed E-state index contributed by atoms with van der Waals surface area (Å²) in [5.74, 6) is -0.981. The SMILES string of the molecule is CCc1cc(N2CCN(CCO)C[C@@H]2C)ccc1Nc1ncc(C(F)(F)F)c(-c2cc3c(s2)C(=O)N(C)CCS3(=O)=O)n1. The largest absolute Gasteiger partial charge is 0.420 e. The Kier molecular flexibility index (Phi) is 8.71. The van der Waals surface area contributed by atoms with Gasteiger partial charge < -0.3 is 20.2 Å². The molecule has 3 aromatic rings. The molecule has 1 atom stereocenters. The predicted octanol–water partition coefficient (Wildman–Crippen LogP) is 3.89. The smallest absolute Gasteiger partial charge is 0.395 e. The summed E-state index contributed by atoms with van der Waals surface area (Å²) in [5.41, 5.74) is 0.925. The van der Waals surface area contributed by atoms with Crippen LogP contribution in [0.2, 0.25) is 0 Å². The number of halogens is 3. The average Bonchev–Trinajstić information content (AvgIpc) is 3.39. The van der Waals surface area contributed by atoms with Crippen molar-refractivity contribution in [3.8, 4) is 10.6 Å². The quantitative estimate of drug-likeness (QED) is 0.397. The summed E-state index contributed by atoms with van der Waals surface area (Å²) in [5, 5.41) is 12.3. The number of nitrogens with zero attached hydrogens (tertiary/aromatic N) is 5. The van der Waals surface area contributed by atoms with Crippen molar-refractivity contribution in [3.63, 3.8) is 0 Å². The number of hydrogen-bond acceptors (Lipinski definition) is 10. The monoisotopic (exact) mass is 638 g/mol. The predicted molar refractivity (Wildman–Crippen MR) is 159 cm³/mol. The van der Waals surface area contributed by atoms with Crippen LogP contribution in [0.1, 0.15) is 34.6 Å². The first-order valence-electron chi connectivity index (χ1n) is 13.9. The molecule has 0 radical (unpaired) electrons. The van der Waals surface area contributed by atoms with E-state index in [9.17, 15) is 31.5 Å². The molecule has 1 amide bonds. The van der Waals surface area contributed by atoms with Crippen LogP contribution < -0.4 is 10.2 Å². The Morgan fingerprint density at radius 2 is 1.95 bits per heavy atom. The number of thiophene rings is 1. The summed E-state index contributed by atoms with van der Waals surface area (Å²) < 4.78 is 67.9. The highest BCUT2D eigenvalue weighted by Crippen LogP contribution is 2.42. The number of rotatable bonds is 7. The molecule has 15 heteroatoms. The number of fused-ring (bicyclic) bond motifs is 1. The van der Waals surface area contributed by atoms with Crippen molar-refractivity contribution in [1.29, 1.82) is 0 Å². The van der Waals surface area contributed by atoms with Gasteiger partial charge in [0.2, 0.25) is 5.95 Å². The standard InChI is InChI=1S/C28H33F3N6O4S2/c1-4-18-13-19(37-8-7-36(9-11-38)16-17(37)2)5-6-21(18)33-27-32-15-20(28(29,30)31)24(34-27)22-14-23-25(42-22)26(39)35(3)10-12-43(23,40)41/h5-6,13-15,17,38H,4,7-12,16H2,1-3H3,(H,32,33,34)/t17-/m0/s1. The Balaban J connectivity index is 1.48. The molecule has 1 saturated heterocycles. The molecule has 2 aliphatic rings. The zero-order valence-electron chi connectivity index (χ0n) is 24.0. The fraction of sp³-hybridized carbons (Fsp3) is 0.464. The lowest BCUT2D eigenvalue weighted by Crippen LogP contribution is -2.52. The number of piperazine rings is 1. The number of hydrogen-bond donors (Lipinski definition) is 2. The van der Waals surface area contributed by atoms with Gasteiger partial charge in [0, 0.05) is 63.4 Å². The molecule has 1 fully saturated rings. The minimum Gasteiger partial charge on any atom is -0.395 e. The molecule has 2 N–H and O–H groups in total. The van der Waals surface area contributed by atoms with Crippen LogP contribution in [0.4, 0.5) is 30.5 Å². The van der Waals surface area contributed by atoms with Crippen LogP contribution in [0, 0.1) is 0 Å². The molecule has 0 unspecified atom stereocenters. The number of aromatic nitrogens is 2. The van der Waals surface area contributed by atoms with Crippen molar-refractivity contribution in [1.82, 2.24) is 19.8 Å². The number of sulfone groups is 1. The Hall–Kier alpha value is -3.27. The average molecular weight is 639 g/mol. The highest BCUT2D eigenvalue weighted by Gasteiger charge is 2.38. The number of benzene rings is 1. The van der Waals surface area contributed by atoms with Crippen LogP contribution in [0.25, 0.3) is 10.6 Å². The number of nitrogens with one attached hydrogen (secondary N) is 1. The molecule has 0 spiro atoms. The summed E-state index contributed by atoms with van der Waals surface area (Å²) in [7, 11) is -2.43. The van der Waals surface area contributed by atoms with Crippen LogP contribution in [-0.2, 0) is 22.4 Å². The maximum atomic E-state index is 14.1. The molecule has 2 aromatic heterocycles. The molecule has 0 aliphatic carbocycles. The lowest BCUT2D eigenvalue weighted by atomic mass is 10.1. The molecular weight excluding hydrogens is 605 g/mol. The summed E-state index contributed by atoms with van der Waals surface area (Å²) in [6.07, 6.45) is -3.51. The van der Waals surface area contributed by atoms with Gasteiger partial charge in [-0.25, -0.2) is 18.4 Å². The maximum Gasteiger partial charge on any atom is 0.420 e. The highest BCUT2D eigenvalue weighted by molar-refractivity contribution is 7.91. The van der Waals surface area contributed by atoms with Crippen LogP contribution in [0.15, 0.2) is 35.4 Å². The Labute approximate surface area is 252 Å². The van der Waals surface area contributed by atoms with E-state index >= 15 is 0 Å². The number of aliphatic hydroxyl groups is 1. The molecule has 2 aliphatic heterocycles. The van der Waals surface area contributed by atoms with Gasteiger partial charge >= 0.3 is 6.18 Å². The molecular formula is C28H33F3N6O4S2. The second-order valence-electron chi connectivity index (χ2n) is 10.7. The third-order valence-corrected chi connectivity index (χ3v) is 10.7. The van der Waals surface area contributed by atoms with Crippen LogP contribution in [0.3, 0.4) is 0 Å². The maximum absolute atomic E-state index is 14.1. The number of alkyl halides is 3. The number of aliphatic hydroxyl groups excluding tert-OH is 1. The van der Waals surface area contributed by atoms with Crippen molar-refractivity contribution in [2.75, 3.05) is 62.3 Å². The van der Waals surface area contributed by atoms with Crippen molar-refractivity contribution in [2.45, 2.75) is 37.4 Å². The van der Waals surface area contributed by atoms with Gasteiger partial charge in [-0.2, -0.15) is 13.2 Å². The molecule has 10 nitrogen and oxygen atoms in total. The van der Waals surface area contributed by atoms with E-state index in [1.54, 1.807) is 0 Å². The molecule has 232 valence electrons. The molecule has 5 rings (SSSR count). The fourth-order valence-electron chi connectivity index (χ4n) is 5.41. The third-order valence-electron chi connectivity index (χ3n) is 7.77. The van der Waals surface area contributed by atoms with E-state index in [0.717, 1.165) is 37.0 Å². The first-order valence-corrected chi connectivity index (χ1v) is 16.4. The highest BCUT2D eigenvalue weighted by atomic mass is 32.2. The summed E-state index contributed by atoms with van der Waals surface area (Å²) in [4.78, 5) is 26.2. The van der Waals surface area contributed by atoms with E-state index in [0.29, 0.717) is 36.2 Å². The van der Waals surface area contributed by atoms with E-state index < -0.39 is 33.2 Å². The van der Waals surface area contributed by atoms with Gasteiger partial charge in [0.15, 0.2) is 9.84 Å². The lowest BCUT2D eigenvalue weighted by Gasteiger charge is -2.41. The van der Waals surface area contributed by atoms with Gasteiger partial charge in [-0.1, -0.05) is 6.92 Å². The van der Waals surface area contributed by atoms with E-state index in [2.05, 4.69) is 32.0 Å². The molecule has 0 bridgehead atoms. The van der Waals surface area contributed by atoms with Crippen molar-refractivity contribution in [3.05, 3.63) is 46.5 Å². The van der Waals surface area contributed by atoms with Gasteiger partial charge in [0.1, 0.15) is 10.4 Å². The zero-order chi connectivity index (χ0) is 31.1. The van der Waals surface area contributed by atoms with Gasteiger partial charge in [-0.15, -0.1) is 11.3 Å². The summed E-state index contributed by atoms with van der Waals surface area (Å²) in [6, 6.07) is 7.15. The van der Waals surface area contributed by atoms with Gasteiger partial charge in [-0.3, -0.25) is 9.69 Å². The van der Waals surface area contributed by atoms with Gasteiger partial charge in [-0.05, 0) is 43.2 Å². The number of β-amino-alcohol motifs (C(OH)–C–C–N with tert-alkyl or cyclic N) is 1. The second-order valence-corrected chi connectivity index (χ2v) is 13.8. The molecule has 0 saturated carbocycles. The number of carbonyl (C=O) groups is 1. The van der Waals surface area contributed by atoms with E-state index in [-0.39, 0.29) is 45.5 Å². The van der Waals surface area contributed by atoms with Crippen molar-refractivity contribution in [2.24, 2.45) is 0 Å². The van der Waals surface area contributed by atoms with Crippen molar-refractivity contribution < 1.29 is 31.5 Å². The first-order chi connectivity index (χ1) is 20.3. The topological polar surface area (TPSA) is 119 Å². The van der Waals surface area contributed by atoms with Crippen LogP contribution >= 0.6 is 11.3 Å². The molecule has 4 heterocycles. The van der Waals surface area contributed by atoms with Crippen molar-refractivity contribution >= 4 is 44.4 Å². The Morgan fingerprint density at radius 1 is 1.19 bits per heavy atom. The number of anilines is 3.